The topological polar surface area (TPSA) is 73.3 Å². The van der Waals surface area contributed by atoms with Crippen LogP contribution in [0.2, 0.25) is 15.1 Å². The van der Waals surface area contributed by atoms with Crippen LogP contribution < -0.4 is 14.8 Å². The molecule has 0 aliphatic heterocycles. The molecule has 0 aliphatic carbocycles. The third-order valence-electron chi connectivity index (χ3n) is 3.70. The number of hydrogen-bond acceptors (Lipinski definition) is 6. The SMILES string of the molecule is COc1c(Cl)c(C)c(Cl)c(NC(=O)c2csc3c(OC)ncnc23)c1Cl. The molecule has 3 aromatic rings. The smallest absolute Gasteiger partial charge is 0.258 e. The van der Waals surface area contributed by atoms with Gasteiger partial charge < -0.3 is 14.8 Å². The number of hydrogen-bond donors (Lipinski definition) is 1. The summed E-state index contributed by atoms with van der Waals surface area (Å²) < 4.78 is 11.1. The van der Waals surface area contributed by atoms with E-state index in [4.69, 9.17) is 44.3 Å². The number of fused-ring (bicyclic) bond motifs is 1. The summed E-state index contributed by atoms with van der Waals surface area (Å²) in [6.07, 6.45) is 1.33. The van der Waals surface area contributed by atoms with Crippen LogP contribution in [0.5, 0.6) is 11.6 Å². The number of nitrogens with zero attached hydrogens (tertiary/aromatic N) is 2. The minimum absolute atomic E-state index is 0.119. The highest BCUT2D eigenvalue weighted by atomic mass is 35.5. The third-order valence-corrected chi connectivity index (χ3v) is 5.94. The molecule has 1 aromatic carbocycles. The predicted octanol–water partition coefficient (Wildman–Crippen LogP) is 5.23. The number of amides is 1. The zero-order valence-corrected chi connectivity index (χ0v) is 16.9. The van der Waals surface area contributed by atoms with Crippen LogP contribution in [-0.4, -0.2) is 30.1 Å². The average Bonchev–Trinajstić information content (AvgIpc) is 3.08. The molecule has 10 heteroatoms. The first-order chi connectivity index (χ1) is 12.4. The summed E-state index contributed by atoms with van der Waals surface area (Å²) in [7, 11) is 2.94. The monoisotopic (exact) mass is 431 g/mol. The second-order valence-electron chi connectivity index (χ2n) is 5.14. The van der Waals surface area contributed by atoms with Crippen LogP contribution in [0, 0.1) is 6.92 Å². The van der Waals surface area contributed by atoms with Gasteiger partial charge in [-0.05, 0) is 12.5 Å². The molecule has 0 unspecified atom stereocenters. The van der Waals surface area contributed by atoms with Crippen molar-refractivity contribution in [2.45, 2.75) is 6.92 Å². The lowest BCUT2D eigenvalue weighted by molar-refractivity contribution is 0.102. The van der Waals surface area contributed by atoms with E-state index in [1.54, 1.807) is 12.3 Å². The lowest BCUT2D eigenvalue weighted by Gasteiger charge is -2.16. The van der Waals surface area contributed by atoms with Crippen LogP contribution >= 0.6 is 46.1 Å². The Morgan fingerprint density at radius 2 is 1.85 bits per heavy atom. The lowest BCUT2D eigenvalue weighted by atomic mass is 10.2. The predicted molar refractivity (Wildman–Crippen MR) is 105 cm³/mol. The first-order valence-corrected chi connectivity index (χ1v) is 9.20. The van der Waals surface area contributed by atoms with Crippen molar-refractivity contribution in [2.75, 3.05) is 19.5 Å². The van der Waals surface area contributed by atoms with E-state index in [-0.39, 0.29) is 21.5 Å². The van der Waals surface area contributed by atoms with Crippen molar-refractivity contribution in [1.82, 2.24) is 9.97 Å². The van der Waals surface area contributed by atoms with Crippen LogP contribution in [0.4, 0.5) is 5.69 Å². The summed E-state index contributed by atoms with van der Waals surface area (Å²) in [5, 5.41) is 5.03. The fourth-order valence-electron chi connectivity index (χ4n) is 2.37. The Labute approximate surface area is 168 Å². The minimum Gasteiger partial charge on any atom is -0.494 e. The van der Waals surface area contributed by atoms with Crippen molar-refractivity contribution in [3.63, 3.8) is 0 Å². The van der Waals surface area contributed by atoms with Gasteiger partial charge in [0, 0.05) is 5.38 Å². The van der Waals surface area contributed by atoms with E-state index < -0.39 is 5.91 Å². The Hall–Kier alpha value is -1.80. The average molecular weight is 433 g/mol. The molecule has 0 atom stereocenters. The fourth-order valence-corrected chi connectivity index (χ4v) is 4.29. The third kappa shape index (κ3) is 3.05. The number of methoxy groups -OCH3 is 2. The van der Waals surface area contributed by atoms with E-state index in [0.29, 0.717) is 32.2 Å². The standard InChI is InChI=1S/C16H12Cl3N3O3S/c1-6-8(17)12(10(19)13(24-2)9(6)18)22-15(23)7-4-26-14-11(7)20-5-21-16(14)25-3/h4-5H,1-3H3,(H,22,23). The van der Waals surface area contributed by atoms with E-state index >= 15 is 0 Å². The molecule has 2 aromatic heterocycles. The zero-order valence-electron chi connectivity index (χ0n) is 13.8. The number of carbonyl (C=O) groups is 1. The molecule has 26 heavy (non-hydrogen) atoms. The highest BCUT2D eigenvalue weighted by Crippen LogP contribution is 2.46. The molecule has 0 fully saturated rings. The van der Waals surface area contributed by atoms with E-state index in [1.807, 2.05) is 0 Å². The Kier molecular flexibility index (Phi) is 5.43. The number of carbonyl (C=O) groups excluding carboxylic acids is 1. The highest BCUT2D eigenvalue weighted by molar-refractivity contribution is 7.17. The molecule has 0 bridgehead atoms. The van der Waals surface area contributed by atoms with Gasteiger partial charge in [-0.2, -0.15) is 0 Å². The van der Waals surface area contributed by atoms with Crippen LogP contribution in [0.3, 0.4) is 0 Å². The molecule has 6 nitrogen and oxygen atoms in total. The van der Waals surface area contributed by atoms with Crippen molar-refractivity contribution in [1.29, 1.82) is 0 Å². The quantitative estimate of drug-likeness (QED) is 0.611. The number of halogens is 3. The Morgan fingerprint density at radius 3 is 2.50 bits per heavy atom. The summed E-state index contributed by atoms with van der Waals surface area (Å²) >= 11 is 20.1. The maximum atomic E-state index is 12.8. The second kappa shape index (κ2) is 7.44. The van der Waals surface area contributed by atoms with Crippen LogP contribution in [0.1, 0.15) is 15.9 Å². The Bertz CT molecular complexity index is 1020. The number of benzene rings is 1. The van der Waals surface area contributed by atoms with Crippen molar-refractivity contribution < 1.29 is 14.3 Å². The van der Waals surface area contributed by atoms with Gasteiger partial charge in [0.05, 0.1) is 35.5 Å². The highest BCUT2D eigenvalue weighted by Gasteiger charge is 2.23. The van der Waals surface area contributed by atoms with Crippen molar-refractivity contribution in [2.24, 2.45) is 0 Å². The van der Waals surface area contributed by atoms with Crippen LogP contribution in [0.25, 0.3) is 10.2 Å². The number of nitrogens with one attached hydrogen (secondary N) is 1. The number of anilines is 1. The second-order valence-corrected chi connectivity index (χ2v) is 7.15. The summed E-state index contributed by atoms with van der Waals surface area (Å²) in [5.41, 5.74) is 1.59. The molecular formula is C16H12Cl3N3O3S. The molecular weight excluding hydrogens is 421 g/mol. The van der Waals surface area contributed by atoms with Gasteiger partial charge in [-0.25, -0.2) is 9.97 Å². The molecule has 0 saturated heterocycles. The molecule has 136 valence electrons. The van der Waals surface area contributed by atoms with Gasteiger partial charge in [-0.15, -0.1) is 11.3 Å². The van der Waals surface area contributed by atoms with Gasteiger partial charge in [0.1, 0.15) is 21.6 Å². The number of ether oxygens (including phenoxy) is 2. The molecule has 2 heterocycles. The largest absolute Gasteiger partial charge is 0.494 e. The maximum Gasteiger partial charge on any atom is 0.258 e. The van der Waals surface area contributed by atoms with Crippen LogP contribution in [0.15, 0.2) is 11.7 Å². The molecule has 3 rings (SSSR count). The molecule has 0 radical (unpaired) electrons. The van der Waals surface area contributed by atoms with Gasteiger partial charge in [-0.1, -0.05) is 34.8 Å². The molecule has 0 aliphatic rings. The summed E-state index contributed by atoms with van der Waals surface area (Å²) in [6, 6.07) is 0. The fraction of sp³-hybridized carbons (Fsp3) is 0.188. The maximum absolute atomic E-state index is 12.8. The zero-order chi connectivity index (χ0) is 19.0. The van der Waals surface area contributed by atoms with E-state index in [9.17, 15) is 4.79 Å². The lowest BCUT2D eigenvalue weighted by Crippen LogP contribution is -2.13. The van der Waals surface area contributed by atoms with E-state index in [1.165, 1.54) is 31.9 Å². The molecule has 0 spiro atoms. The number of aromatic nitrogens is 2. The van der Waals surface area contributed by atoms with E-state index in [2.05, 4.69) is 15.3 Å². The summed E-state index contributed by atoms with van der Waals surface area (Å²) in [4.78, 5) is 21.0. The summed E-state index contributed by atoms with van der Waals surface area (Å²) in [5.74, 6) is 0.216. The molecule has 1 N–H and O–H groups in total. The minimum atomic E-state index is -0.426. The van der Waals surface area contributed by atoms with Gasteiger partial charge >= 0.3 is 0 Å². The number of thiophene rings is 1. The van der Waals surface area contributed by atoms with Crippen molar-refractivity contribution >= 4 is 68.0 Å². The Morgan fingerprint density at radius 1 is 1.12 bits per heavy atom. The Balaban J connectivity index is 2.06. The first kappa shape index (κ1) is 19.0. The number of rotatable bonds is 4. The van der Waals surface area contributed by atoms with Crippen molar-refractivity contribution in [3.8, 4) is 11.6 Å². The van der Waals surface area contributed by atoms with Crippen molar-refractivity contribution in [3.05, 3.63) is 37.9 Å². The molecule has 1 amide bonds. The molecule has 0 saturated carbocycles. The van der Waals surface area contributed by atoms with Crippen LogP contribution in [-0.2, 0) is 0 Å². The van der Waals surface area contributed by atoms with Gasteiger partial charge in [0.2, 0.25) is 5.88 Å². The normalized spacial score (nSPS) is 10.8. The summed E-state index contributed by atoms with van der Waals surface area (Å²) in [6.45, 7) is 1.71. The van der Waals surface area contributed by atoms with Gasteiger partial charge in [-0.3, -0.25) is 4.79 Å². The first-order valence-electron chi connectivity index (χ1n) is 7.19. The van der Waals surface area contributed by atoms with Gasteiger partial charge in [0.15, 0.2) is 5.75 Å². The van der Waals surface area contributed by atoms with E-state index in [0.717, 1.165) is 0 Å². The van der Waals surface area contributed by atoms with Gasteiger partial charge in [0.25, 0.3) is 5.91 Å².